The third-order valence-corrected chi connectivity index (χ3v) is 11.9. The number of phenolic OH excluding ortho intramolecular Hbond substituents is 1. The number of carbonyl (C=O) groups is 4. The number of anilines is 3. The molecule has 4 amide bonds. The summed E-state index contributed by atoms with van der Waals surface area (Å²) < 4.78 is 11.6. The lowest BCUT2D eigenvalue weighted by Gasteiger charge is -2.49. The topological polar surface area (TPSA) is 117 Å². The number of morpholine rings is 1. The van der Waals surface area contributed by atoms with Crippen LogP contribution in [0, 0.1) is 35.0 Å². The van der Waals surface area contributed by atoms with Gasteiger partial charge in [0.05, 0.1) is 54.0 Å². The molecule has 1 N–H and O–H groups in total. The van der Waals surface area contributed by atoms with Crippen LogP contribution in [-0.2, 0) is 30.3 Å². The molecule has 9 rings (SSSR count). The minimum absolute atomic E-state index is 0.106. The first-order valence-electron chi connectivity index (χ1n) is 17.4. The Hall–Kier alpha value is -5.22. The first-order valence-corrected chi connectivity index (χ1v) is 17.4. The first-order chi connectivity index (χ1) is 24.3. The number of hydrogen-bond acceptors (Lipinski definition) is 8. The number of phenols is 1. The Kier molecular flexibility index (Phi) is 7.03. The lowest BCUT2D eigenvalue weighted by atomic mass is 9.51. The SMILES string of the molecule is C[C@@]12C(=O)N(c3ccccc3)C(=O)[C@@H]1C[C@@H]1C(=CC[C@@H]3C(=O)N(c4ccc(N5CCOCC5)cc4)C(=O)[C@@H]31)[C@@H]2C1=COc2ccc(O)cc2C1. The van der Waals surface area contributed by atoms with Gasteiger partial charge in [0.1, 0.15) is 11.5 Å². The van der Waals surface area contributed by atoms with E-state index in [0.29, 0.717) is 43.2 Å². The van der Waals surface area contributed by atoms with E-state index >= 15 is 0 Å². The summed E-state index contributed by atoms with van der Waals surface area (Å²) in [7, 11) is 0. The molecule has 0 unspecified atom stereocenters. The second kappa shape index (κ2) is 11.4. The summed E-state index contributed by atoms with van der Waals surface area (Å²) in [5, 5.41) is 10.3. The first kappa shape index (κ1) is 30.8. The zero-order valence-electron chi connectivity index (χ0n) is 27.7. The fraction of sp³-hybridized carbons (Fsp3) is 0.350. The van der Waals surface area contributed by atoms with Gasteiger partial charge in [0, 0.05) is 36.7 Å². The lowest BCUT2D eigenvalue weighted by molar-refractivity contribution is -0.132. The van der Waals surface area contributed by atoms with Crippen molar-refractivity contribution >= 4 is 40.7 Å². The summed E-state index contributed by atoms with van der Waals surface area (Å²) in [6.07, 6.45) is 4.76. The number of carbonyl (C=O) groups excluding carboxylic acids is 4. The molecule has 10 nitrogen and oxygen atoms in total. The van der Waals surface area contributed by atoms with Crippen molar-refractivity contribution in [2.24, 2.45) is 35.0 Å². The molecule has 10 heteroatoms. The van der Waals surface area contributed by atoms with E-state index in [1.165, 1.54) is 9.80 Å². The predicted molar refractivity (Wildman–Crippen MR) is 184 cm³/mol. The number of para-hydroxylation sites is 1. The van der Waals surface area contributed by atoms with Crippen LogP contribution < -0.4 is 19.4 Å². The van der Waals surface area contributed by atoms with Crippen LogP contribution in [0.3, 0.4) is 0 Å². The van der Waals surface area contributed by atoms with Crippen molar-refractivity contribution in [3.05, 3.63) is 102 Å². The summed E-state index contributed by atoms with van der Waals surface area (Å²) in [5.41, 5.74) is 3.37. The Morgan fingerprint density at radius 3 is 2.28 bits per heavy atom. The molecule has 0 aromatic heterocycles. The monoisotopic (exact) mass is 671 g/mol. The van der Waals surface area contributed by atoms with Gasteiger partial charge in [-0.2, -0.15) is 0 Å². The van der Waals surface area contributed by atoms with Crippen LogP contribution in [0.2, 0.25) is 0 Å². The summed E-state index contributed by atoms with van der Waals surface area (Å²) in [5.74, 6) is -3.29. The molecule has 3 aromatic carbocycles. The number of hydrogen-bond donors (Lipinski definition) is 1. The van der Waals surface area contributed by atoms with Crippen molar-refractivity contribution in [2.75, 3.05) is 41.0 Å². The van der Waals surface area contributed by atoms with Gasteiger partial charge in [-0.25, -0.2) is 4.90 Å². The normalized spacial score (nSPS) is 30.3. The summed E-state index contributed by atoms with van der Waals surface area (Å²) >= 11 is 0. The minimum atomic E-state index is -1.16. The molecule has 6 atom stereocenters. The smallest absolute Gasteiger partial charge is 0.241 e. The van der Waals surface area contributed by atoms with Crippen LogP contribution in [0.1, 0.15) is 25.3 Å². The number of nitrogens with zero attached hydrogens (tertiary/aromatic N) is 3. The Balaban J connectivity index is 1.10. The predicted octanol–water partition coefficient (Wildman–Crippen LogP) is 5.02. The molecule has 0 spiro atoms. The Labute approximate surface area is 289 Å². The minimum Gasteiger partial charge on any atom is -0.508 e. The van der Waals surface area contributed by atoms with E-state index in [-0.39, 0.29) is 35.8 Å². The number of allylic oxidation sites excluding steroid dienone is 3. The van der Waals surface area contributed by atoms with Crippen LogP contribution in [0.4, 0.5) is 17.1 Å². The number of rotatable bonds is 4. The van der Waals surface area contributed by atoms with Gasteiger partial charge in [-0.05, 0) is 85.9 Å². The van der Waals surface area contributed by atoms with E-state index in [0.717, 1.165) is 35.5 Å². The van der Waals surface area contributed by atoms with Gasteiger partial charge in [-0.1, -0.05) is 29.8 Å². The van der Waals surface area contributed by atoms with Gasteiger partial charge >= 0.3 is 0 Å². The van der Waals surface area contributed by atoms with Crippen molar-refractivity contribution in [2.45, 2.75) is 26.2 Å². The molecule has 6 aliphatic rings. The summed E-state index contributed by atoms with van der Waals surface area (Å²) in [6.45, 7) is 4.74. The van der Waals surface area contributed by atoms with Crippen LogP contribution in [0.15, 0.2) is 96.3 Å². The van der Waals surface area contributed by atoms with Crippen LogP contribution >= 0.6 is 0 Å². The maximum Gasteiger partial charge on any atom is 0.241 e. The highest BCUT2D eigenvalue weighted by Gasteiger charge is 2.68. The highest BCUT2D eigenvalue weighted by Crippen LogP contribution is 2.63. The highest BCUT2D eigenvalue weighted by atomic mass is 16.5. The van der Waals surface area contributed by atoms with E-state index < -0.39 is 35.0 Å². The molecule has 3 saturated heterocycles. The molecule has 50 heavy (non-hydrogen) atoms. The van der Waals surface area contributed by atoms with E-state index in [1.54, 1.807) is 48.7 Å². The summed E-state index contributed by atoms with van der Waals surface area (Å²) in [4.78, 5) is 62.5. The van der Waals surface area contributed by atoms with Gasteiger partial charge in [-0.15, -0.1) is 0 Å². The zero-order valence-corrected chi connectivity index (χ0v) is 27.7. The van der Waals surface area contributed by atoms with Crippen molar-refractivity contribution in [3.8, 4) is 11.5 Å². The van der Waals surface area contributed by atoms with Crippen molar-refractivity contribution in [1.82, 2.24) is 0 Å². The molecule has 4 heterocycles. The fourth-order valence-corrected chi connectivity index (χ4v) is 9.56. The van der Waals surface area contributed by atoms with Crippen molar-refractivity contribution in [1.29, 1.82) is 0 Å². The molecule has 254 valence electrons. The largest absolute Gasteiger partial charge is 0.508 e. The standard InChI is InChI=1S/C40H37N3O7/c1-40-32(37(46)43(39(40)48)26-5-3-2-4-6-26)21-31-29(35(40)24-19-23-20-28(44)11-14-33(23)50-22-24)12-13-30-34(31)38(47)42(36(30)45)27-9-7-25(8-10-27)41-15-17-49-18-16-41/h2-12,14,20,22,30-32,34-35,44H,13,15-19,21H2,1H3/t30-,31+,32-,34-,35-,40+/m0/s1. The molecule has 1 saturated carbocycles. The van der Waals surface area contributed by atoms with Crippen LogP contribution in [0.5, 0.6) is 11.5 Å². The third-order valence-electron chi connectivity index (χ3n) is 11.9. The summed E-state index contributed by atoms with van der Waals surface area (Å²) in [6, 6.07) is 21.5. The molecular formula is C40H37N3O7. The number of imide groups is 2. The van der Waals surface area contributed by atoms with Crippen molar-refractivity contribution in [3.63, 3.8) is 0 Å². The maximum absolute atomic E-state index is 14.7. The zero-order chi connectivity index (χ0) is 34.3. The van der Waals surface area contributed by atoms with Crippen molar-refractivity contribution < 1.29 is 33.8 Å². The number of amides is 4. The quantitative estimate of drug-likeness (QED) is 0.304. The Morgan fingerprint density at radius 1 is 0.800 bits per heavy atom. The molecular weight excluding hydrogens is 634 g/mol. The molecule has 0 radical (unpaired) electrons. The second-order valence-electron chi connectivity index (χ2n) is 14.4. The average Bonchev–Trinajstić information content (AvgIpc) is 3.51. The number of ether oxygens (including phenoxy) is 2. The van der Waals surface area contributed by atoms with E-state index in [9.17, 15) is 24.3 Å². The van der Waals surface area contributed by atoms with E-state index in [2.05, 4.69) is 11.0 Å². The number of benzene rings is 3. The average molecular weight is 672 g/mol. The third kappa shape index (κ3) is 4.43. The van der Waals surface area contributed by atoms with E-state index in [4.69, 9.17) is 9.47 Å². The molecule has 0 bridgehead atoms. The molecule has 3 aromatic rings. The van der Waals surface area contributed by atoms with Gasteiger partial charge in [0.2, 0.25) is 23.6 Å². The van der Waals surface area contributed by atoms with Gasteiger partial charge in [-0.3, -0.25) is 24.1 Å². The fourth-order valence-electron chi connectivity index (χ4n) is 9.56. The van der Waals surface area contributed by atoms with Gasteiger partial charge < -0.3 is 19.5 Å². The lowest BCUT2D eigenvalue weighted by Crippen LogP contribution is -2.51. The van der Waals surface area contributed by atoms with Gasteiger partial charge in [0.15, 0.2) is 0 Å². The number of aromatic hydroxyl groups is 1. The van der Waals surface area contributed by atoms with Crippen LogP contribution in [0.25, 0.3) is 0 Å². The van der Waals surface area contributed by atoms with Crippen LogP contribution in [-0.4, -0.2) is 55.0 Å². The Bertz CT molecular complexity index is 2000. The molecule has 2 aliphatic carbocycles. The maximum atomic E-state index is 14.7. The molecule has 4 fully saturated rings. The molecule has 4 aliphatic heterocycles. The highest BCUT2D eigenvalue weighted by molar-refractivity contribution is 6.25. The number of fused-ring (bicyclic) bond motifs is 5. The van der Waals surface area contributed by atoms with E-state index in [1.807, 2.05) is 37.3 Å². The van der Waals surface area contributed by atoms with Gasteiger partial charge in [0.25, 0.3) is 0 Å². The Morgan fingerprint density at radius 2 is 1.52 bits per heavy atom. The second-order valence-corrected chi connectivity index (χ2v) is 14.4.